The first-order chi connectivity index (χ1) is 8.66. The molecule has 1 aromatic heterocycles. The first kappa shape index (κ1) is 12.9. The lowest BCUT2D eigenvalue weighted by Crippen LogP contribution is -2.47. The predicted molar refractivity (Wildman–Crippen MR) is 63.5 cm³/mol. The zero-order chi connectivity index (χ0) is 13.0. The number of carboxylic acid groups (broad SMARTS) is 1. The molecule has 18 heavy (non-hydrogen) atoms. The number of morpholine rings is 1. The molecule has 0 radical (unpaired) electrons. The lowest BCUT2D eigenvalue weighted by Gasteiger charge is -2.22. The molecule has 3 N–H and O–H groups in total. The Kier molecular flexibility index (Phi) is 4.24. The van der Waals surface area contributed by atoms with Crippen LogP contribution in [0.1, 0.15) is 15.5 Å². The van der Waals surface area contributed by atoms with Crippen LogP contribution in [-0.4, -0.2) is 47.8 Å². The normalized spacial score (nSPS) is 19.4. The topological polar surface area (TPSA) is 101 Å². The Morgan fingerprint density at radius 3 is 3.11 bits per heavy atom. The van der Waals surface area contributed by atoms with Gasteiger partial charge in [0.05, 0.1) is 13.2 Å². The molecular weight excluding hydrogens is 258 g/mol. The minimum Gasteiger partial charge on any atom is -0.476 e. The van der Waals surface area contributed by atoms with Gasteiger partial charge in [0.15, 0.2) is 5.69 Å². The number of aromatic carboxylic acids is 1. The summed E-state index contributed by atoms with van der Waals surface area (Å²) in [5, 5.41) is 16.4. The van der Waals surface area contributed by atoms with Crippen LogP contribution in [0.5, 0.6) is 0 Å². The minimum absolute atomic E-state index is 0.000156. The quantitative estimate of drug-likeness (QED) is 0.679. The lowest BCUT2D eigenvalue weighted by molar-refractivity contribution is -0.134. The Hall–Kier alpha value is -1.51. The number of rotatable bonds is 4. The number of hydrogen-bond acceptors (Lipinski definition) is 6. The Labute approximate surface area is 107 Å². The molecule has 1 unspecified atom stereocenters. The lowest BCUT2D eigenvalue weighted by atomic mass is 10.3. The van der Waals surface area contributed by atoms with Gasteiger partial charge in [-0.25, -0.2) is 9.78 Å². The Bertz CT molecular complexity index is 442. The highest BCUT2D eigenvalue weighted by Crippen LogP contribution is 2.09. The molecule has 1 atom stereocenters. The number of hydrogen-bond donors (Lipinski definition) is 3. The van der Waals surface area contributed by atoms with E-state index in [0.29, 0.717) is 18.2 Å². The molecule has 1 aliphatic heterocycles. The molecule has 7 nitrogen and oxygen atoms in total. The number of amides is 1. The van der Waals surface area contributed by atoms with Crippen LogP contribution in [0.4, 0.5) is 0 Å². The van der Waals surface area contributed by atoms with Crippen molar-refractivity contribution in [2.24, 2.45) is 0 Å². The van der Waals surface area contributed by atoms with Gasteiger partial charge in [-0.15, -0.1) is 11.3 Å². The van der Waals surface area contributed by atoms with Gasteiger partial charge in [0.2, 0.25) is 0 Å². The molecule has 0 bridgehead atoms. The van der Waals surface area contributed by atoms with Crippen molar-refractivity contribution in [2.75, 3.05) is 19.7 Å². The third-order valence-electron chi connectivity index (χ3n) is 2.40. The minimum atomic E-state index is -1.07. The van der Waals surface area contributed by atoms with Gasteiger partial charge in [-0.1, -0.05) is 0 Å². The maximum Gasteiger partial charge on any atom is 0.355 e. The number of carbonyl (C=O) groups is 2. The fourth-order valence-corrected chi connectivity index (χ4v) is 2.21. The summed E-state index contributed by atoms with van der Waals surface area (Å²) in [5.41, 5.74) is -0.000156. The summed E-state index contributed by atoms with van der Waals surface area (Å²) in [6.07, 6.45) is -0.488. The fourth-order valence-electron chi connectivity index (χ4n) is 1.50. The second-order valence-corrected chi connectivity index (χ2v) is 4.66. The van der Waals surface area contributed by atoms with Crippen LogP contribution in [0.3, 0.4) is 0 Å². The van der Waals surface area contributed by atoms with E-state index in [1.54, 1.807) is 0 Å². The van der Waals surface area contributed by atoms with E-state index in [9.17, 15) is 9.59 Å². The number of carboxylic acids is 1. The summed E-state index contributed by atoms with van der Waals surface area (Å²) in [6, 6.07) is 0. The fraction of sp³-hybridized carbons (Fsp3) is 0.500. The van der Waals surface area contributed by atoms with Crippen molar-refractivity contribution in [1.82, 2.24) is 15.6 Å². The molecule has 8 heteroatoms. The summed E-state index contributed by atoms with van der Waals surface area (Å²) in [5.74, 6) is -1.28. The van der Waals surface area contributed by atoms with Crippen LogP contribution < -0.4 is 10.6 Å². The highest BCUT2D eigenvalue weighted by molar-refractivity contribution is 7.09. The van der Waals surface area contributed by atoms with Gasteiger partial charge in [0.1, 0.15) is 11.1 Å². The summed E-state index contributed by atoms with van der Waals surface area (Å²) in [7, 11) is 0. The van der Waals surface area contributed by atoms with E-state index < -0.39 is 12.1 Å². The number of aromatic nitrogens is 1. The van der Waals surface area contributed by atoms with Gasteiger partial charge in [0.25, 0.3) is 5.91 Å². The first-order valence-electron chi connectivity index (χ1n) is 5.44. The molecule has 1 saturated heterocycles. The van der Waals surface area contributed by atoms with Crippen molar-refractivity contribution in [3.05, 3.63) is 16.1 Å². The number of carbonyl (C=O) groups excluding carboxylic acids is 1. The van der Waals surface area contributed by atoms with E-state index in [1.165, 1.54) is 16.7 Å². The molecule has 2 rings (SSSR count). The van der Waals surface area contributed by atoms with Crippen molar-refractivity contribution < 1.29 is 19.4 Å². The third-order valence-corrected chi connectivity index (χ3v) is 3.25. The number of nitrogens with one attached hydrogen (secondary N) is 2. The molecule has 1 fully saturated rings. The SMILES string of the molecule is O=C(O)c1csc(CNC(=O)C2CNCCO2)n1. The number of ether oxygens (including phenoxy) is 1. The van der Waals surface area contributed by atoms with E-state index in [1.807, 2.05) is 0 Å². The summed E-state index contributed by atoms with van der Waals surface area (Å²) >= 11 is 1.20. The average Bonchev–Trinajstić information content (AvgIpc) is 2.86. The van der Waals surface area contributed by atoms with Gasteiger partial charge < -0.3 is 20.5 Å². The van der Waals surface area contributed by atoms with Crippen LogP contribution in [0, 0.1) is 0 Å². The van der Waals surface area contributed by atoms with E-state index >= 15 is 0 Å². The molecule has 98 valence electrons. The van der Waals surface area contributed by atoms with E-state index in [4.69, 9.17) is 9.84 Å². The van der Waals surface area contributed by atoms with Crippen molar-refractivity contribution in [1.29, 1.82) is 0 Å². The largest absolute Gasteiger partial charge is 0.476 e. The van der Waals surface area contributed by atoms with Crippen molar-refractivity contribution >= 4 is 23.2 Å². The molecule has 0 saturated carbocycles. The van der Waals surface area contributed by atoms with E-state index in [-0.39, 0.29) is 18.1 Å². The maximum absolute atomic E-state index is 11.7. The predicted octanol–water partition coefficient (Wildman–Crippen LogP) is -0.554. The Morgan fingerprint density at radius 2 is 2.50 bits per heavy atom. The molecule has 0 aliphatic carbocycles. The first-order valence-corrected chi connectivity index (χ1v) is 6.32. The molecule has 1 aromatic rings. The second kappa shape index (κ2) is 5.89. The van der Waals surface area contributed by atoms with Crippen LogP contribution in [0.25, 0.3) is 0 Å². The van der Waals surface area contributed by atoms with Crippen LogP contribution in [0.2, 0.25) is 0 Å². The average molecular weight is 271 g/mol. The summed E-state index contributed by atoms with van der Waals surface area (Å²) < 4.78 is 5.29. The third kappa shape index (κ3) is 3.25. The van der Waals surface area contributed by atoms with Crippen molar-refractivity contribution in [3.63, 3.8) is 0 Å². The van der Waals surface area contributed by atoms with Crippen LogP contribution in [0.15, 0.2) is 5.38 Å². The highest BCUT2D eigenvalue weighted by Gasteiger charge is 2.21. The summed E-state index contributed by atoms with van der Waals surface area (Å²) in [6.45, 7) is 1.97. The second-order valence-electron chi connectivity index (χ2n) is 3.71. The zero-order valence-electron chi connectivity index (χ0n) is 9.51. The summed E-state index contributed by atoms with van der Waals surface area (Å²) in [4.78, 5) is 26.2. The van der Waals surface area contributed by atoms with Crippen LogP contribution in [-0.2, 0) is 16.1 Å². The van der Waals surface area contributed by atoms with Gasteiger partial charge in [0, 0.05) is 18.5 Å². The standard InChI is InChI=1S/C10H13N3O4S/c14-9(7-3-11-1-2-17-7)12-4-8-13-6(5-18-8)10(15)16/h5,7,11H,1-4H2,(H,12,14)(H,15,16). The Balaban J connectivity index is 1.82. The Morgan fingerprint density at radius 1 is 1.67 bits per heavy atom. The molecule has 1 amide bonds. The monoisotopic (exact) mass is 271 g/mol. The van der Waals surface area contributed by atoms with Crippen LogP contribution >= 0.6 is 11.3 Å². The van der Waals surface area contributed by atoms with E-state index in [0.717, 1.165) is 6.54 Å². The van der Waals surface area contributed by atoms with Crippen molar-refractivity contribution in [2.45, 2.75) is 12.6 Å². The van der Waals surface area contributed by atoms with Gasteiger partial charge in [-0.3, -0.25) is 4.79 Å². The highest BCUT2D eigenvalue weighted by atomic mass is 32.1. The van der Waals surface area contributed by atoms with E-state index in [2.05, 4.69) is 15.6 Å². The smallest absolute Gasteiger partial charge is 0.355 e. The molecule has 2 heterocycles. The molecular formula is C10H13N3O4S. The van der Waals surface area contributed by atoms with Gasteiger partial charge in [-0.2, -0.15) is 0 Å². The maximum atomic E-state index is 11.7. The number of thiazole rings is 1. The molecule has 0 aromatic carbocycles. The number of nitrogens with zero attached hydrogens (tertiary/aromatic N) is 1. The van der Waals surface area contributed by atoms with Crippen molar-refractivity contribution in [3.8, 4) is 0 Å². The molecule has 1 aliphatic rings. The van der Waals surface area contributed by atoms with Gasteiger partial charge >= 0.3 is 5.97 Å². The zero-order valence-corrected chi connectivity index (χ0v) is 10.3. The van der Waals surface area contributed by atoms with Gasteiger partial charge in [-0.05, 0) is 0 Å². The molecule has 0 spiro atoms.